The molecule has 0 spiro atoms. The molecule has 3 atom stereocenters. The van der Waals surface area contributed by atoms with Crippen molar-refractivity contribution in [2.75, 3.05) is 0 Å². The van der Waals surface area contributed by atoms with Gasteiger partial charge in [0.2, 0.25) is 0 Å². The van der Waals surface area contributed by atoms with Gasteiger partial charge >= 0.3 is 0 Å². The van der Waals surface area contributed by atoms with Crippen LogP contribution in [0, 0.1) is 11.8 Å². The Bertz CT molecular complexity index is 2280. The van der Waals surface area contributed by atoms with E-state index in [4.69, 9.17) is 4.99 Å². The summed E-state index contributed by atoms with van der Waals surface area (Å²) in [5.74, 6) is 2.24. The molecule has 1 N–H and O–H groups in total. The lowest BCUT2D eigenvalue weighted by Gasteiger charge is -2.34. The lowest BCUT2D eigenvalue weighted by Crippen LogP contribution is -2.34. The molecule has 9 rings (SSSR count). The van der Waals surface area contributed by atoms with Gasteiger partial charge in [-0.2, -0.15) is 0 Å². The predicted molar refractivity (Wildman–Crippen MR) is 228 cm³/mol. The fourth-order valence-electron chi connectivity index (χ4n) is 9.29. The molecule has 3 aliphatic carbocycles. The van der Waals surface area contributed by atoms with Gasteiger partial charge in [0, 0.05) is 11.6 Å². The van der Waals surface area contributed by atoms with Gasteiger partial charge in [-0.05, 0) is 137 Å². The van der Waals surface area contributed by atoms with E-state index in [1.807, 2.05) is 0 Å². The third-order valence-corrected chi connectivity index (χ3v) is 12.1. The van der Waals surface area contributed by atoms with Gasteiger partial charge in [-0.3, -0.25) is 0 Å². The van der Waals surface area contributed by atoms with E-state index in [1.54, 1.807) is 5.57 Å². The zero-order valence-corrected chi connectivity index (χ0v) is 31.3. The summed E-state index contributed by atoms with van der Waals surface area (Å²) in [6.07, 6.45) is 24.3. The summed E-state index contributed by atoms with van der Waals surface area (Å²) < 4.78 is 0. The van der Waals surface area contributed by atoms with Crippen LogP contribution in [0.4, 0.5) is 0 Å². The average Bonchev–Trinajstić information content (AvgIpc) is 3.27. The minimum atomic E-state index is 0.0710. The molecule has 5 aromatic rings. The first kappa shape index (κ1) is 34.3. The Kier molecular flexibility index (Phi) is 10.1. The number of nitrogens with zero attached hydrogens (tertiary/aromatic N) is 1. The molecule has 0 radical (unpaired) electrons. The number of nitrogens with one attached hydrogen (secondary N) is 1. The standard InChI is InChI=1S/C52H50N2/c1-4-18-37(19-5-1)40-24-16-26-42(34-40)50-36-51(54-52(53-50)39-22-8-3-9-23-39)43-27-17-25-41(35-43)45-29-11-13-31-47(45)49-33-15-14-32-48(49)46-30-12-10-28-44(46)38-20-6-2-7-21-38/h2,4,6-7,10-15,17-22,25,27-33,35-36,40,42,51H,1,3,5,8-9,16,23-24,26,34H2,(H,53,54). The largest absolute Gasteiger partial charge is 0.359 e. The number of aliphatic imine (C=N–C) groups is 1. The first-order chi connectivity index (χ1) is 26.8. The van der Waals surface area contributed by atoms with Gasteiger partial charge < -0.3 is 5.32 Å². The maximum Gasteiger partial charge on any atom is 0.129 e. The van der Waals surface area contributed by atoms with Crippen molar-refractivity contribution in [2.45, 2.75) is 70.3 Å². The van der Waals surface area contributed by atoms with Crippen LogP contribution >= 0.6 is 0 Å². The number of benzene rings is 5. The normalized spacial score (nSPS) is 21.3. The van der Waals surface area contributed by atoms with Crippen molar-refractivity contribution < 1.29 is 0 Å². The van der Waals surface area contributed by atoms with E-state index in [1.165, 1.54) is 113 Å². The minimum Gasteiger partial charge on any atom is -0.359 e. The monoisotopic (exact) mass is 702 g/mol. The zero-order chi connectivity index (χ0) is 36.1. The Labute approximate surface area is 321 Å². The first-order valence-electron chi connectivity index (χ1n) is 20.3. The molecule has 4 aliphatic rings. The molecule has 0 amide bonds. The van der Waals surface area contributed by atoms with E-state index in [-0.39, 0.29) is 6.04 Å². The summed E-state index contributed by atoms with van der Waals surface area (Å²) in [4.78, 5) is 5.45. The lowest BCUT2D eigenvalue weighted by molar-refractivity contribution is 0.327. The third kappa shape index (κ3) is 7.23. The van der Waals surface area contributed by atoms with E-state index >= 15 is 0 Å². The van der Waals surface area contributed by atoms with Gasteiger partial charge in [0.25, 0.3) is 0 Å². The van der Waals surface area contributed by atoms with Crippen LogP contribution in [0.2, 0.25) is 0 Å². The van der Waals surface area contributed by atoms with Crippen LogP contribution < -0.4 is 5.32 Å². The molecule has 1 aliphatic heterocycles. The highest BCUT2D eigenvalue weighted by atomic mass is 15.1. The molecule has 3 unspecified atom stereocenters. The molecule has 2 heteroatoms. The Morgan fingerprint density at radius 2 is 1.19 bits per heavy atom. The SMILES string of the molecule is C1=CC(C2CCCC(C3=CC(c4cccc(-c5ccccc5-c5ccccc5-c5ccccc5-c5ccccc5)c4)NC(C4=CCCCC4)=N3)C2)=CCC1. The topological polar surface area (TPSA) is 24.4 Å². The second-order valence-electron chi connectivity index (χ2n) is 15.5. The molecule has 2 nitrogen and oxygen atoms in total. The second kappa shape index (κ2) is 15.9. The summed E-state index contributed by atoms with van der Waals surface area (Å²) in [6, 6.07) is 46.7. The molecule has 1 fully saturated rings. The third-order valence-electron chi connectivity index (χ3n) is 12.1. The summed E-state index contributed by atoms with van der Waals surface area (Å²) in [5.41, 5.74) is 15.5. The van der Waals surface area contributed by atoms with Crippen LogP contribution in [0.5, 0.6) is 0 Å². The molecule has 1 heterocycles. The van der Waals surface area contributed by atoms with Gasteiger partial charge in [-0.15, -0.1) is 0 Å². The summed E-state index contributed by atoms with van der Waals surface area (Å²) in [6.45, 7) is 0. The number of rotatable bonds is 8. The van der Waals surface area contributed by atoms with Crippen LogP contribution in [0.1, 0.15) is 75.8 Å². The molecule has 5 aromatic carbocycles. The van der Waals surface area contributed by atoms with Gasteiger partial charge in [0.05, 0.1) is 6.04 Å². The van der Waals surface area contributed by atoms with E-state index < -0.39 is 0 Å². The van der Waals surface area contributed by atoms with Gasteiger partial charge in [0.15, 0.2) is 0 Å². The van der Waals surface area contributed by atoms with E-state index in [9.17, 15) is 0 Å². The molecule has 0 aromatic heterocycles. The number of hydrogen-bond donors (Lipinski definition) is 1. The van der Waals surface area contributed by atoms with E-state index in [0.717, 1.165) is 18.7 Å². The summed E-state index contributed by atoms with van der Waals surface area (Å²) in [7, 11) is 0. The van der Waals surface area contributed by atoms with E-state index in [0.29, 0.717) is 11.8 Å². The fraction of sp³-hybridized carbons (Fsp3) is 0.250. The summed E-state index contributed by atoms with van der Waals surface area (Å²) in [5, 5.41) is 3.94. The van der Waals surface area contributed by atoms with Crippen molar-refractivity contribution in [2.24, 2.45) is 16.8 Å². The molecular formula is C52H50N2. The quantitative estimate of drug-likeness (QED) is 0.171. The van der Waals surface area contributed by atoms with Crippen molar-refractivity contribution in [1.29, 1.82) is 0 Å². The minimum absolute atomic E-state index is 0.0710. The zero-order valence-electron chi connectivity index (χ0n) is 31.3. The van der Waals surface area contributed by atoms with Crippen LogP contribution in [-0.2, 0) is 0 Å². The van der Waals surface area contributed by atoms with Crippen molar-refractivity contribution in [3.63, 3.8) is 0 Å². The van der Waals surface area contributed by atoms with Crippen molar-refractivity contribution in [1.82, 2.24) is 5.32 Å². The van der Waals surface area contributed by atoms with Gasteiger partial charge in [0.1, 0.15) is 5.84 Å². The highest BCUT2D eigenvalue weighted by Gasteiger charge is 2.30. The Hall–Kier alpha value is -5.47. The second-order valence-corrected chi connectivity index (χ2v) is 15.5. The van der Waals surface area contributed by atoms with Gasteiger partial charge in [-0.25, -0.2) is 4.99 Å². The smallest absolute Gasteiger partial charge is 0.129 e. The van der Waals surface area contributed by atoms with Gasteiger partial charge in [-0.1, -0.05) is 152 Å². The Morgan fingerprint density at radius 1 is 0.537 bits per heavy atom. The van der Waals surface area contributed by atoms with Crippen LogP contribution in [-0.4, -0.2) is 5.84 Å². The maximum absolute atomic E-state index is 5.45. The summed E-state index contributed by atoms with van der Waals surface area (Å²) >= 11 is 0. The molecule has 268 valence electrons. The molecular weight excluding hydrogens is 653 g/mol. The van der Waals surface area contributed by atoms with Crippen LogP contribution in [0.15, 0.2) is 180 Å². The van der Waals surface area contributed by atoms with Crippen molar-refractivity contribution in [3.05, 3.63) is 180 Å². The number of allylic oxidation sites excluding steroid dienone is 6. The Balaban J connectivity index is 1.08. The van der Waals surface area contributed by atoms with Crippen LogP contribution in [0.25, 0.3) is 44.5 Å². The molecule has 0 saturated heterocycles. The number of hydrogen-bond acceptors (Lipinski definition) is 2. The highest BCUT2D eigenvalue weighted by Crippen LogP contribution is 2.43. The van der Waals surface area contributed by atoms with Crippen molar-refractivity contribution in [3.8, 4) is 44.5 Å². The maximum atomic E-state index is 5.45. The van der Waals surface area contributed by atoms with E-state index in [2.05, 4.69) is 163 Å². The molecule has 1 saturated carbocycles. The Morgan fingerprint density at radius 3 is 1.87 bits per heavy atom. The highest BCUT2D eigenvalue weighted by molar-refractivity contribution is 6.00. The molecule has 0 bridgehead atoms. The lowest BCUT2D eigenvalue weighted by atomic mass is 9.75. The average molecular weight is 703 g/mol. The first-order valence-corrected chi connectivity index (χ1v) is 20.3. The fourth-order valence-corrected chi connectivity index (χ4v) is 9.29. The van der Waals surface area contributed by atoms with Crippen molar-refractivity contribution >= 4 is 5.84 Å². The van der Waals surface area contributed by atoms with Crippen LogP contribution in [0.3, 0.4) is 0 Å². The molecule has 54 heavy (non-hydrogen) atoms. The predicted octanol–water partition coefficient (Wildman–Crippen LogP) is 13.9. The number of amidine groups is 1.